The van der Waals surface area contributed by atoms with Crippen LogP contribution in [0.15, 0.2) is 17.4 Å². The fourth-order valence-electron chi connectivity index (χ4n) is 4.19. The van der Waals surface area contributed by atoms with Crippen LogP contribution in [0.1, 0.15) is 57.9 Å². The SMILES string of the molecule is CN=C(NCC1CCCCN1C(=O)OC(C)(C)C)N1CCC(c2cnn(C)c2)C1. The van der Waals surface area contributed by atoms with Crippen LogP contribution < -0.4 is 5.32 Å². The predicted octanol–water partition coefficient (Wildman–Crippen LogP) is 2.57. The van der Waals surface area contributed by atoms with Gasteiger partial charge in [0.1, 0.15) is 5.60 Å². The number of hydrogen-bond acceptors (Lipinski definition) is 4. The van der Waals surface area contributed by atoms with Crippen LogP contribution in [0, 0.1) is 0 Å². The van der Waals surface area contributed by atoms with Gasteiger partial charge >= 0.3 is 6.09 Å². The second-order valence-electron chi connectivity index (χ2n) is 9.13. The van der Waals surface area contributed by atoms with E-state index in [2.05, 4.69) is 26.5 Å². The van der Waals surface area contributed by atoms with E-state index in [-0.39, 0.29) is 12.1 Å². The van der Waals surface area contributed by atoms with Gasteiger partial charge in [-0.3, -0.25) is 9.67 Å². The van der Waals surface area contributed by atoms with Gasteiger partial charge in [-0.15, -0.1) is 0 Å². The number of rotatable bonds is 3. The van der Waals surface area contributed by atoms with Crippen LogP contribution in [-0.4, -0.2) is 76.5 Å². The largest absolute Gasteiger partial charge is 0.444 e. The highest BCUT2D eigenvalue weighted by molar-refractivity contribution is 5.80. The number of likely N-dealkylation sites (tertiary alicyclic amines) is 2. The zero-order valence-corrected chi connectivity index (χ0v) is 18.5. The van der Waals surface area contributed by atoms with Gasteiger partial charge in [0.15, 0.2) is 5.96 Å². The van der Waals surface area contributed by atoms with Crippen molar-refractivity contribution < 1.29 is 9.53 Å². The Bertz CT molecular complexity index is 723. The summed E-state index contributed by atoms with van der Waals surface area (Å²) in [6.45, 7) is 9.10. The lowest BCUT2D eigenvalue weighted by atomic mass is 10.0. The maximum Gasteiger partial charge on any atom is 0.410 e. The molecule has 3 heterocycles. The average molecular weight is 405 g/mol. The first-order valence-electron chi connectivity index (χ1n) is 10.7. The second kappa shape index (κ2) is 9.05. The molecule has 0 spiro atoms. The Labute approximate surface area is 174 Å². The molecule has 3 rings (SSSR count). The third-order valence-corrected chi connectivity index (χ3v) is 5.65. The van der Waals surface area contributed by atoms with E-state index in [1.165, 1.54) is 5.56 Å². The normalized spacial score (nSPS) is 23.4. The number of piperidine rings is 1. The number of nitrogens with one attached hydrogen (secondary N) is 1. The molecule has 0 bridgehead atoms. The van der Waals surface area contributed by atoms with Gasteiger partial charge in [-0.25, -0.2) is 4.79 Å². The number of hydrogen-bond donors (Lipinski definition) is 1. The first-order chi connectivity index (χ1) is 13.8. The van der Waals surface area contributed by atoms with Gasteiger partial charge in [-0.2, -0.15) is 5.10 Å². The van der Waals surface area contributed by atoms with E-state index < -0.39 is 5.60 Å². The molecule has 8 nitrogen and oxygen atoms in total. The quantitative estimate of drug-likeness (QED) is 0.619. The summed E-state index contributed by atoms with van der Waals surface area (Å²) in [6, 6.07) is 0.132. The molecule has 29 heavy (non-hydrogen) atoms. The summed E-state index contributed by atoms with van der Waals surface area (Å²) in [5, 5.41) is 7.81. The fraction of sp³-hybridized carbons (Fsp3) is 0.762. The maximum atomic E-state index is 12.6. The van der Waals surface area contributed by atoms with Gasteiger partial charge in [-0.05, 0) is 52.0 Å². The summed E-state index contributed by atoms with van der Waals surface area (Å²) in [6.07, 6.45) is 8.11. The van der Waals surface area contributed by atoms with Gasteiger partial charge < -0.3 is 19.9 Å². The molecular weight excluding hydrogens is 368 g/mol. The maximum absolute atomic E-state index is 12.6. The Balaban J connectivity index is 1.56. The highest BCUT2D eigenvalue weighted by atomic mass is 16.6. The number of amides is 1. The number of aliphatic imine (C=N–C) groups is 1. The molecule has 0 aromatic carbocycles. The van der Waals surface area contributed by atoms with Crippen molar-refractivity contribution in [3.05, 3.63) is 18.0 Å². The molecule has 0 radical (unpaired) electrons. The molecule has 1 amide bonds. The number of aryl methyl sites for hydroxylation is 1. The molecule has 8 heteroatoms. The van der Waals surface area contributed by atoms with Gasteiger partial charge in [-0.1, -0.05) is 0 Å². The lowest BCUT2D eigenvalue weighted by Gasteiger charge is -2.37. The molecule has 1 aromatic rings. The molecule has 2 saturated heterocycles. The Morgan fingerprint density at radius 3 is 2.76 bits per heavy atom. The summed E-state index contributed by atoms with van der Waals surface area (Å²) < 4.78 is 7.48. The van der Waals surface area contributed by atoms with Crippen LogP contribution in [0.5, 0.6) is 0 Å². The first kappa shape index (κ1) is 21.5. The van der Waals surface area contributed by atoms with E-state index in [0.29, 0.717) is 12.5 Å². The first-order valence-corrected chi connectivity index (χ1v) is 10.7. The summed E-state index contributed by atoms with van der Waals surface area (Å²) in [5.74, 6) is 1.39. The minimum absolute atomic E-state index is 0.132. The number of ether oxygens (including phenoxy) is 1. The molecule has 0 aliphatic carbocycles. The van der Waals surface area contributed by atoms with Crippen molar-refractivity contribution in [2.24, 2.45) is 12.0 Å². The van der Waals surface area contributed by atoms with Crippen LogP contribution in [-0.2, 0) is 11.8 Å². The molecule has 2 atom stereocenters. The summed E-state index contributed by atoms with van der Waals surface area (Å²) >= 11 is 0. The second-order valence-corrected chi connectivity index (χ2v) is 9.13. The predicted molar refractivity (Wildman–Crippen MR) is 114 cm³/mol. The van der Waals surface area contributed by atoms with Crippen molar-refractivity contribution in [2.45, 2.75) is 64.0 Å². The Kier molecular flexibility index (Phi) is 6.70. The van der Waals surface area contributed by atoms with E-state index in [0.717, 1.165) is 51.3 Å². The molecule has 1 aromatic heterocycles. The van der Waals surface area contributed by atoms with Crippen molar-refractivity contribution >= 4 is 12.1 Å². The third kappa shape index (κ3) is 5.64. The van der Waals surface area contributed by atoms with E-state index in [1.54, 1.807) is 0 Å². The molecular formula is C21H36N6O2. The Morgan fingerprint density at radius 2 is 2.10 bits per heavy atom. The van der Waals surface area contributed by atoms with E-state index >= 15 is 0 Å². The molecule has 1 N–H and O–H groups in total. The number of carbonyl (C=O) groups is 1. The van der Waals surface area contributed by atoms with Crippen molar-refractivity contribution in [2.75, 3.05) is 33.2 Å². The van der Waals surface area contributed by atoms with Crippen molar-refractivity contribution in [3.8, 4) is 0 Å². The standard InChI is InChI=1S/C21H36N6O2/c1-21(2,3)29-20(28)27-10-7-6-8-18(27)13-23-19(22-4)26-11-9-16(15-26)17-12-24-25(5)14-17/h12,14,16,18H,6-11,13,15H2,1-5H3,(H,22,23). The number of nitrogens with zero attached hydrogens (tertiary/aromatic N) is 5. The van der Waals surface area contributed by atoms with Crippen molar-refractivity contribution in [1.82, 2.24) is 24.9 Å². The fourth-order valence-corrected chi connectivity index (χ4v) is 4.19. The molecule has 2 aliphatic rings. The van der Waals surface area contributed by atoms with Gasteiger partial charge in [0.25, 0.3) is 0 Å². The monoisotopic (exact) mass is 404 g/mol. The van der Waals surface area contributed by atoms with Crippen LogP contribution in [0.3, 0.4) is 0 Å². The van der Waals surface area contributed by atoms with Crippen molar-refractivity contribution in [3.63, 3.8) is 0 Å². The number of guanidine groups is 1. The summed E-state index contributed by atoms with van der Waals surface area (Å²) in [7, 11) is 3.78. The van der Waals surface area contributed by atoms with E-state index in [4.69, 9.17) is 4.74 Å². The van der Waals surface area contributed by atoms with Gasteiger partial charge in [0, 0.05) is 52.4 Å². The lowest BCUT2D eigenvalue weighted by molar-refractivity contribution is 0.0104. The van der Waals surface area contributed by atoms with Gasteiger partial charge in [0.05, 0.1) is 12.2 Å². The highest BCUT2D eigenvalue weighted by Gasteiger charge is 2.32. The topological polar surface area (TPSA) is 75.0 Å². The highest BCUT2D eigenvalue weighted by Crippen LogP contribution is 2.27. The van der Waals surface area contributed by atoms with Crippen molar-refractivity contribution in [1.29, 1.82) is 0 Å². The lowest BCUT2D eigenvalue weighted by Crippen LogP contribution is -2.52. The van der Waals surface area contributed by atoms with Gasteiger partial charge in [0.2, 0.25) is 0 Å². The molecule has 162 valence electrons. The Hall–Kier alpha value is -2.25. The van der Waals surface area contributed by atoms with Crippen LogP contribution in [0.2, 0.25) is 0 Å². The number of aromatic nitrogens is 2. The molecule has 2 fully saturated rings. The minimum atomic E-state index is -0.473. The summed E-state index contributed by atoms with van der Waals surface area (Å²) in [5.41, 5.74) is 0.813. The molecule has 0 saturated carbocycles. The number of carbonyl (C=O) groups excluding carboxylic acids is 1. The molecule has 2 aliphatic heterocycles. The zero-order chi connectivity index (χ0) is 21.0. The van der Waals surface area contributed by atoms with Crippen LogP contribution in [0.25, 0.3) is 0 Å². The minimum Gasteiger partial charge on any atom is -0.444 e. The zero-order valence-electron chi connectivity index (χ0n) is 18.5. The third-order valence-electron chi connectivity index (χ3n) is 5.65. The van der Waals surface area contributed by atoms with Crippen LogP contribution in [0.4, 0.5) is 4.79 Å². The van der Waals surface area contributed by atoms with E-state index in [9.17, 15) is 4.79 Å². The smallest absolute Gasteiger partial charge is 0.410 e. The Morgan fingerprint density at radius 1 is 1.31 bits per heavy atom. The molecule has 2 unspecified atom stereocenters. The average Bonchev–Trinajstić information content (AvgIpc) is 3.30. The summed E-state index contributed by atoms with van der Waals surface area (Å²) in [4.78, 5) is 21.3. The van der Waals surface area contributed by atoms with E-state index in [1.807, 2.05) is 50.6 Å². The van der Waals surface area contributed by atoms with Crippen LogP contribution >= 0.6 is 0 Å².